The third kappa shape index (κ3) is 3.94. The van der Waals surface area contributed by atoms with E-state index in [1.807, 2.05) is 29.1 Å². The van der Waals surface area contributed by atoms with Gasteiger partial charge < -0.3 is 15.4 Å². The van der Waals surface area contributed by atoms with Gasteiger partial charge in [0.1, 0.15) is 5.75 Å². The molecule has 0 bridgehead atoms. The maximum Gasteiger partial charge on any atom is 0.142 e. The summed E-state index contributed by atoms with van der Waals surface area (Å²) in [4.78, 5) is 6.41. The second-order valence-corrected chi connectivity index (χ2v) is 5.35. The molecular weight excluding hydrogens is 258 g/mol. The minimum atomic E-state index is 0.662. The second kappa shape index (κ2) is 6.54. The number of nitrogens with zero attached hydrogens (tertiary/aromatic N) is 2. The van der Waals surface area contributed by atoms with Crippen molar-refractivity contribution in [3.05, 3.63) is 29.1 Å². The number of ether oxygens (including phenoxy) is 1. The maximum absolute atomic E-state index is 6.01. The SMILES string of the molecule is CN(C)CCCOc1ccc(-c2cscn2)cc1N. The molecule has 0 aliphatic rings. The summed E-state index contributed by atoms with van der Waals surface area (Å²) in [5.74, 6) is 0.748. The lowest BCUT2D eigenvalue weighted by atomic mass is 10.1. The van der Waals surface area contributed by atoms with Crippen LogP contribution in [-0.4, -0.2) is 37.1 Å². The number of hydrogen-bond acceptors (Lipinski definition) is 5. The molecule has 1 aromatic heterocycles. The van der Waals surface area contributed by atoms with Crippen LogP contribution in [0, 0.1) is 0 Å². The standard InChI is InChI=1S/C14H19N3OS/c1-17(2)6-3-7-18-14-5-4-11(8-12(14)15)13-9-19-10-16-13/h4-5,8-10H,3,6-7,15H2,1-2H3. The van der Waals surface area contributed by atoms with E-state index in [-0.39, 0.29) is 0 Å². The van der Waals surface area contributed by atoms with E-state index in [0.717, 1.165) is 30.0 Å². The van der Waals surface area contributed by atoms with E-state index in [4.69, 9.17) is 10.5 Å². The third-order valence-corrected chi connectivity index (χ3v) is 3.33. The van der Waals surface area contributed by atoms with E-state index >= 15 is 0 Å². The van der Waals surface area contributed by atoms with Gasteiger partial charge in [-0.2, -0.15) is 0 Å². The lowest BCUT2D eigenvalue weighted by molar-refractivity contribution is 0.283. The Morgan fingerprint density at radius 1 is 1.37 bits per heavy atom. The summed E-state index contributed by atoms with van der Waals surface area (Å²) >= 11 is 1.58. The van der Waals surface area contributed by atoms with Crippen LogP contribution in [0.15, 0.2) is 29.1 Å². The van der Waals surface area contributed by atoms with E-state index < -0.39 is 0 Å². The van der Waals surface area contributed by atoms with Crippen molar-refractivity contribution >= 4 is 17.0 Å². The predicted octanol–water partition coefficient (Wildman–Crippen LogP) is 2.72. The van der Waals surface area contributed by atoms with Gasteiger partial charge in [-0.3, -0.25) is 0 Å². The Bertz CT molecular complexity index is 511. The number of nitrogen functional groups attached to an aromatic ring is 1. The van der Waals surface area contributed by atoms with Crippen LogP contribution in [0.5, 0.6) is 5.75 Å². The molecule has 2 rings (SSSR count). The molecule has 19 heavy (non-hydrogen) atoms. The average molecular weight is 277 g/mol. The summed E-state index contributed by atoms with van der Waals surface area (Å²) in [6, 6.07) is 5.82. The molecule has 0 spiro atoms. The van der Waals surface area contributed by atoms with Gasteiger partial charge in [-0.25, -0.2) is 4.98 Å². The van der Waals surface area contributed by atoms with Crippen LogP contribution in [0.25, 0.3) is 11.3 Å². The second-order valence-electron chi connectivity index (χ2n) is 4.63. The van der Waals surface area contributed by atoms with Gasteiger partial charge in [0.25, 0.3) is 0 Å². The predicted molar refractivity (Wildman–Crippen MR) is 80.6 cm³/mol. The molecular formula is C14H19N3OS. The van der Waals surface area contributed by atoms with Crippen molar-refractivity contribution in [2.75, 3.05) is 33.0 Å². The zero-order valence-corrected chi connectivity index (χ0v) is 12.1. The first-order valence-corrected chi connectivity index (χ1v) is 7.16. The summed E-state index contributed by atoms with van der Waals surface area (Å²) in [5.41, 5.74) is 10.5. The van der Waals surface area contributed by atoms with Crippen molar-refractivity contribution in [1.29, 1.82) is 0 Å². The van der Waals surface area contributed by atoms with Gasteiger partial charge >= 0.3 is 0 Å². The number of thiazole rings is 1. The lowest BCUT2D eigenvalue weighted by Gasteiger charge is -2.12. The van der Waals surface area contributed by atoms with Crippen molar-refractivity contribution in [1.82, 2.24) is 9.88 Å². The molecule has 0 aliphatic heterocycles. The van der Waals surface area contributed by atoms with Crippen molar-refractivity contribution in [3.8, 4) is 17.0 Å². The first-order valence-electron chi connectivity index (χ1n) is 6.22. The normalized spacial score (nSPS) is 10.9. The molecule has 2 N–H and O–H groups in total. The van der Waals surface area contributed by atoms with E-state index in [9.17, 15) is 0 Å². The highest BCUT2D eigenvalue weighted by atomic mass is 32.1. The maximum atomic E-state index is 6.01. The van der Waals surface area contributed by atoms with Crippen molar-refractivity contribution in [2.45, 2.75) is 6.42 Å². The van der Waals surface area contributed by atoms with Crippen LogP contribution < -0.4 is 10.5 Å². The van der Waals surface area contributed by atoms with Crippen LogP contribution in [-0.2, 0) is 0 Å². The molecule has 0 saturated heterocycles. The number of anilines is 1. The van der Waals surface area contributed by atoms with E-state index in [0.29, 0.717) is 12.3 Å². The molecule has 102 valence electrons. The molecule has 0 fully saturated rings. The molecule has 0 amide bonds. The van der Waals surface area contributed by atoms with Crippen LogP contribution >= 0.6 is 11.3 Å². The summed E-state index contributed by atoms with van der Waals surface area (Å²) in [5, 5.41) is 2.01. The fourth-order valence-corrected chi connectivity index (χ4v) is 2.32. The van der Waals surface area contributed by atoms with E-state index in [1.165, 1.54) is 0 Å². The zero-order chi connectivity index (χ0) is 13.7. The van der Waals surface area contributed by atoms with Crippen molar-refractivity contribution in [2.24, 2.45) is 0 Å². The highest BCUT2D eigenvalue weighted by molar-refractivity contribution is 7.07. The van der Waals surface area contributed by atoms with Gasteiger partial charge in [0, 0.05) is 17.5 Å². The molecule has 0 aliphatic carbocycles. The van der Waals surface area contributed by atoms with Crippen molar-refractivity contribution < 1.29 is 4.74 Å². The monoisotopic (exact) mass is 277 g/mol. The Morgan fingerprint density at radius 3 is 2.84 bits per heavy atom. The number of benzene rings is 1. The molecule has 4 nitrogen and oxygen atoms in total. The largest absolute Gasteiger partial charge is 0.491 e. The number of nitrogens with two attached hydrogens (primary N) is 1. The Balaban J connectivity index is 1.96. The van der Waals surface area contributed by atoms with Crippen molar-refractivity contribution in [3.63, 3.8) is 0 Å². The number of hydrogen-bond donors (Lipinski definition) is 1. The van der Waals surface area contributed by atoms with E-state index in [2.05, 4.69) is 24.0 Å². The zero-order valence-electron chi connectivity index (χ0n) is 11.3. The first-order chi connectivity index (χ1) is 9.16. The smallest absolute Gasteiger partial charge is 0.142 e. The molecule has 0 atom stereocenters. The molecule has 5 heteroatoms. The molecule has 0 unspecified atom stereocenters. The quantitative estimate of drug-likeness (QED) is 0.651. The highest BCUT2D eigenvalue weighted by Crippen LogP contribution is 2.28. The molecule has 0 radical (unpaired) electrons. The van der Waals surface area contributed by atoms with Gasteiger partial charge in [0.15, 0.2) is 0 Å². The summed E-state index contributed by atoms with van der Waals surface area (Å²) in [6.07, 6.45) is 0.986. The molecule has 2 aromatic rings. The summed E-state index contributed by atoms with van der Waals surface area (Å²) in [7, 11) is 4.11. The molecule has 0 saturated carbocycles. The molecule has 1 heterocycles. The first kappa shape index (κ1) is 13.8. The van der Waals surface area contributed by atoms with Crippen LogP contribution in [0.1, 0.15) is 6.42 Å². The highest BCUT2D eigenvalue weighted by Gasteiger charge is 2.05. The summed E-state index contributed by atoms with van der Waals surface area (Å²) < 4.78 is 5.69. The Kier molecular flexibility index (Phi) is 4.76. The Morgan fingerprint density at radius 2 is 2.21 bits per heavy atom. The van der Waals surface area contributed by atoms with Crippen LogP contribution in [0.3, 0.4) is 0 Å². The van der Waals surface area contributed by atoms with Gasteiger partial charge in [0.05, 0.1) is 23.5 Å². The van der Waals surface area contributed by atoms with Gasteiger partial charge in [0.2, 0.25) is 0 Å². The van der Waals surface area contributed by atoms with E-state index in [1.54, 1.807) is 11.3 Å². The number of aromatic nitrogens is 1. The minimum absolute atomic E-state index is 0.662. The molecule has 1 aromatic carbocycles. The van der Waals surface area contributed by atoms with Crippen LogP contribution in [0.4, 0.5) is 5.69 Å². The van der Waals surface area contributed by atoms with Crippen LogP contribution in [0.2, 0.25) is 0 Å². The Labute approximate surface area is 117 Å². The van der Waals surface area contributed by atoms with Gasteiger partial charge in [-0.1, -0.05) is 0 Å². The fraction of sp³-hybridized carbons (Fsp3) is 0.357. The topological polar surface area (TPSA) is 51.4 Å². The minimum Gasteiger partial charge on any atom is -0.491 e. The average Bonchev–Trinajstić information content (AvgIpc) is 2.89. The lowest BCUT2D eigenvalue weighted by Crippen LogP contribution is -2.15. The van der Waals surface area contributed by atoms with Gasteiger partial charge in [-0.15, -0.1) is 11.3 Å². The number of rotatable bonds is 6. The Hall–Kier alpha value is -1.59. The van der Waals surface area contributed by atoms with Gasteiger partial charge in [-0.05, 0) is 38.7 Å². The summed E-state index contributed by atoms with van der Waals surface area (Å²) in [6.45, 7) is 1.69. The third-order valence-electron chi connectivity index (χ3n) is 2.75. The fourth-order valence-electron chi connectivity index (χ4n) is 1.76.